The van der Waals surface area contributed by atoms with Crippen LogP contribution in [0.25, 0.3) is 0 Å². The molecule has 0 aromatic rings. The zero-order chi connectivity index (χ0) is 10.8. The summed E-state index contributed by atoms with van der Waals surface area (Å²) in [5.41, 5.74) is 0. The van der Waals surface area contributed by atoms with Gasteiger partial charge in [0.05, 0.1) is 12.5 Å². The number of carbonyl (C=O) groups excluding carboxylic acids is 1. The summed E-state index contributed by atoms with van der Waals surface area (Å²) in [6, 6.07) is 0. The molecule has 1 unspecified atom stereocenters. The van der Waals surface area contributed by atoms with Gasteiger partial charge in [0.25, 0.3) is 0 Å². The van der Waals surface area contributed by atoms with Crippen LogP contribution in [0, 0.1) is 5.92 Å². The Labute approximate surface area is 80.3 Å². The highest BCUT2D eigenvalue weighted by Crippen LogP contribution is 2.33. The monoisotopic (exact) mass is 210 g/mol. The molecule has 1 aliphatic heterocycles. The lowest BCUT2D eigenvalue weighted by Crippen LogP contribution is -2.36. The molecule has 0 spiro atoms. The Morgan fingerprint density at radius 1 is 1.57 bits per heavy atom. The second-order valence-corrected chi connectivity index (χ2v) is 3.40. The van der Waals surface area contributed by atoms with Crippen LogP contribution in [0.2, 0.25) is 0 Å². The van der Waals surface area contributed by atoms with Crippen LogP contribution in [0.15, 0.2) is 0 Å². The Hall–Kier alpha value is -0.780. The fourth-order valence-electron chi connectivity index (χ4n) is 1.52. The molecule has 0 aliphatic carbocycles. The van der Waals surface area contributed by atoms with E-state index in [-0.39, 0.29) is 32.0 Å². The van der Waals surface area contributed by atoms with Crippen molar-refractivity contribution in [2.75, 3.05) is 26.7 Å². The number of likely N-dealkylation sites (tertiary alicyclic amines) is 1. The number of carbonyl (C=O) groups is 1. The summed E-state index contributed by atoms with van der Waals surface area (Å²) in [7, 11) is 1.59. The molecule has 1 N–H and O–H groups in total. The largest absolute Gasteiger partial charge is 0.393 e. The van der Waals surface area contributed by atoms with Gasteiger partial charge in [0, 0.05) is 13.1 Å². The van der Waals surface area contributed by atoms with Gasteiger partial charge in [-0.15, -0.1) is 0 Å². The third-order valence-corrected chi connectivity index (χ3v) is 2.33. The van der Waals surface area contributed by atoms with Crippen molar-refractivity contribution in [1.29, 1.82) is 0 Å². The molecule has 1 atom stereocenters. The topological polar surface area (TPSA) is 32.3 Å². The van der Waals surface area contributed by atoms with E-state index < -0.39 is 12.1 Å². The Morgan fingerprint density at radius 2 is 2.21 bits per heavy atom. The van der Waals surface area contributed by atoms with E-state index in [1.54, 1.807) is 7.05 Å². The zero-order valence-corrected chi connectivity index (χ0v) is 7.90. The van der Waals surface area contributed by atoms with Crippen LogP contribution in [-0.2, 0) is 4.79 Å². The van der Waals surface area contributed by atoms with Gasteiger partial charge in [-0.05, 0) is 13.5 Å². The van der Waals surface area contributed by atoms with Gasteiger partial charge < -0.3 is 10.2 Å². The van der Waals surface area contributed by atoms with E-state index in [0.717, 1.165) is 0 Å². The minimum atomic E-state index is -4.17. The molecule has 0 aromatic heterocycles. The van der Waals surface area contributed by atoms with Gasteiger partial charge >= 0.3 is 6.18 Å². The van der Waals surface area contributed by atoms with Crippen LogP contribution in [0.5, 0.6) is 0 Å². The highest BCUT2D eigenvalue weighted by molar-refractivity contribution is 5.78. The fraction of sp³-hybridized carbons (Fsp3) is 0.875. The number of hydrogen-bond acceptors (Lipinski definition) is 2. The Kier molecular flexibility index (Phi) is 3.36. The predicted octanol–water partition coefficient (Wildman–Crippen LogP) is 0.617. The third kappa shape index (κ3) is 2.60. The van der Waals surface area contributed by atoms with E-state index in [4.69, 9.17) is 0 Å². The van der Waals surface area contributed by atoms with Crippen molar-refractivity contribution in [2.45, 2.75) is 12.6 Å². The van der Waals surface area contributed by atoms with E-state index >= 15 is 0 Å². The lowest BCUT2D eigenvalue weighted by Gasteiger charge is -2.17. The quantitative estimate of drug-likeness (QED) is 0.724. The van der Waals surface area contributed by atoms with Gasteiger partial charge in [0.2, 0.25) is 5.91 Å². The fourth-order valence-corrected chi connectivity index (χ4v) is 1.52. The molecule has 1 rings (SSSR count). The number of nitrogens with zero attached hydrogens (tertiary/aromatic N) is 1. The maximum absolute atomic E-state index is 12.2. The predicted molar refractivity (Wildman–Crippen MR) is 44.7 cm³/mol. The maximum atomic E-state index is 12.2. The zero-order valence-electron chi connectivity index (χ0n) is 7.90. The SMILES string of the molecule is CNCC(=O)N1CCC(C(F)(F)F)C1. The van der Waals surface area contributed by atoms with Gasteiger partial charge in [-0.3, -0.25) is 4.79 Å². The van der Waals surface area contributed by atoms with E-state index in [1.807, 2.05) is 0 Å². The second-order valence-electron chi connectivity index (χ2n) is 3.40. The lowest BCUT2D eigenvalue weighted by atomic mass is 10.1. The van der Waals surface area contributed by atoms with Crippen molar-refractivity contribution in [1.82, 2.24) is 10.2 Å². The third-order valence-electron chi connectivity index (χ3n) is 2.33. The molecule has 1 amide bonds. The molecule has 0 radical (unpaired) electrons. The molecule has 0 aromatic carbocycles. The summed E-state index contributed by atoms with van der Waals surface area (Å²) >= 11 is 0. The lowest BCUT2D eigenvalue weighted by molar-refractivity contribution is -0.171. The molecular weight excluding hydrogens is 197 g/mol. The first-order valence-corrected chi connectivity index (χ1v) is 4.44. The van der Waals surface area contributed by atoms with Crippen molar-refractivity contribution in [3.8, 4) is 0 Å². The van der Waals surface area contributed by atoms with Gasteiger partial charge in [-0.2, -0.15) is 13.2 Å². The molecule has 0 bridgehead atoms. The average molecular weight is 210 g/mol. The molecule has 1 aliphatic rings. The van der Waals surface area contributed by atoms with Crippen molar-refractivity contribution >= 4 is 5.91 Å². The molecular formula is C8H13F3N2O. The number of likely N-dealkylation sites (N-methyl/N-ethyl adjacent to an activating group) is 1. The minimum absolute atomic E-state index is 0.0267. The van der Waals surface area contributed by atoms with E-state index in [1.165, 1.54) is 4.90 Å². The molecule has 1 heterocycles. The van der Waals surface area contributed by atoms with Crippen molar-refractivity contribution in [3.05, 3.63) is 0 Å². The molecule has 3 nitrogen and oxygen atoms in total. The molecule has 6 heteroatoms. The highest BCUT2D eigenvalue weighted by atomic mass is 19.4. The van der Waals surface area contributed by atoms with Crippen molar-refractivity contribution in [2.24, 2.45) is 5.92 Å². The Bertz CT molecular complexity index is 217. The average Bonchev–Trinajstić information content (AvgIpc) is 2.51. The van der Waals surface area contributed by atoms with E-state index in [9.17, 15) is 18.0 Å². The van der Waals surface area contributed by atoms with Gasteiger partial charge in [0.1, 0.15) is 0 Å². The summed E-state index contributed by atoms with van der Waals surface area (Å²) < 4.78 is 36.7. The second kappa shape index (κ2) is 4.16. The smallest absolute Gasteiger partial charge is 0.341 e. The Morgan fingerprint density at radius 3 is 2.64 bits per heavy atom. The summed E-state index contributed by atoms with van der Waals surface area (Å²) in [4.78, 5) is 12.5. The van der Waals surface area contributed by atoms with Crippen LogP contribution in [0.1, 0.15) is 6.42 Å². The van der Waals surface area contributed by atoms with Crippen LogP contribution < -0.4 is 5.32 Å². The van der Waals surface area contributed by atoms with Gasteiger partial charge in [0.15, 0.2) is 0 Å². The molecule has 0 saturated carbocycles. The number of nitrogens with one attached hydrogen (secondary N) is 1. The maximum Gasteiger partial charge on any atom is 0.393 e. The summed E-state index contributed by atoms with van der Waals surface area (Å²) in [5, 5.41) is 2.63. The van der Waals surface area contributed by atoms with Crippen LogP contribution in [0.3, 0.4) is 0 Å². The first-order valence-electron chi connectivity index (χ1n) is 4.44. The number of hydrogen-bond donors (Lipinski definition) is 1. The standard InChI is InChI=1S/C8H13F3N2O/c1-12-4-7(14)13-3-2-6(5-13)8(9,10)11/h6,12H,2-5H2,1H3. The summed E-state index contributed by atoms with van der Waals surface area (Å²) in [6.07, 6.45) is -4.15. The van der Waals surface area contributed by atoms with Crippen LogP contribution in [0.4, 0.5) is 13.2 Å². The van der Waals surface area contributed by atoms with E-state index in [2.05, 4.69) is 5.32 Å². The number of alkyl halides is 3. The highest BCUT2D eigenvalue weighted by Gasteiger charge is 2.44. The van der Waals surface area contributed by atoms with Gasteiger partial charge in [-0.25, -0.2) is 0 Å². The Balaban J connectivity index is 2.45. The summed E-state index contributed by atoms with van der Waals surface area (Å²) in [5.74, 6) is -1.61. The van der Waals surface area contributed by atoms with Gasteiger partial charge in [-0.1, -0.05) is 0 Å². The number of halogens is 3. The van der Waals surface area contributed by atoms with Crippen molar-refractivity contribution < 1.29 is 18.0 Å². The minimum Gasteiger partial charge on any atom is -0.341 e. The summed E-state index contributed by atoms with van der Waals surface area (Å²) in [6.45, 7) is 0.124. The normalized spacial score (nSPS) is 22.9. The molecule has 1 fully saturated rings. The molecule has 82 valence electrons. The van der Waals surface area contributed by atoms with Crippen LogP contribution in [-0.4, -0.2) is 43.7 Å². The first-order chi connectivity index (χ1) is 6.45. The molecule has 1 saturated heterocycles. The number of amides is 1. The van der Waals surface area contributed by atoms with E-state index in [0.29, 0.717) is 0 Å². The van der Waals surface area contributed by atoms with Crippen molar-refractivity contribution in [3.63, 3.8) is 0 Å². The first kappa shape index (κ1) is 11.3. The molecule has 14 heavy (non-hydrogen) atoms. The van der Waals surface area contributed by atoms with Crippen LogP contribution >= 0.6 is 0 Å². The number of rotatable bonds is 2.